The lowest BCUT2D eigenvalue weighted by atomic mass is 10.1. The number of aliphatic hydroxyl groups excluding tert-OH is 1. The average molecular weight is 185 g/mol. The Morgan fingerprint density at radius 2 is 2.50 bits per heavy atom. The molecule has 0 saturated heterocycles. The second-order valence-corrected chi connectivity index (χ2v) is 3.46. The minimum Gasteiger partial charge on any atom is -0.396 e. The average Bonchev–Trinajstić information content (AvgIpc) is 2.56. The Morgan fingerprint density at radius 3 is 3.00 bits per heavy atom. The first-order valence-electron chi connectivity index (χ1n) is 4.24. The predicted octanol–water partition coefficient (Wildman–Crippen LogP) is 1.78. The van der Waals surface area contributed by atoms with Crippen LogP contribution in [0.25, 0.3) is 0 Å². The number of hydrogen-bond acceptors (Lipinski definition) is 3. The van der Waals surface area contributed by atoms with Gasteiger partial charge in [0, 0.05) is 12.6 Å². The second kappa shape index (κ2) is 5.30. The van der Waals surface area contributed by atoms with Gasteiger partial charge in [0.15, 0.2) is 0 Å². The topological polar surface area (TPSA) is 32.3 Å². The number of rotatable bonds is 5. The zero-order valence-corrected chi connectivity index (χ0v) is 8.10. The normalized spacial score (nSPS) is 13.2. The van der Waals surface area contributed by atoms with Crippen LogP contribution in [0.4, 0.5) is 0 Å². The molecule has 0 unspecified atom stereocenters. The minimum atomic E-state index is 0.244. The summed E-state index contributed by atoms with van der Waals surface area (Å²) in [5.74, 6) is 0. The van der Waals surface area contributed by atoms with E-state index in [1.54, 1.807) is 11.3 Å². The van der Waals surface area contributed by atoms with Crippen molar-refractivity contribution in [2.45, 2.75) is 19.4 Å². The van der Waals surface area contributed by atoms with Crippen LogP contribution in [-0.2, 0) is 0 Å². The van der Waals surface area contributed by atoms with E-state index in [9.17, 15) is 0 Å². The van der Waals surface area contributed by atoms with Gasteiger partial charge in [-0.15, -0.1) is 0 Å². The van der Waals surface area contributed by atoms with Crippen molar-refractivity contribution in [3.63, 3.8) is 0 Å². The molecular formula is C9H15NOS. The summed E-state index contributed by atoms with van der Waals surface area (Å²) < 4.78 is 0. The zero-order valence-electron chi connectivity index (χ0n) is 7.29. The summed E-state index contributed by atoms with van der Waals surface area (Å²) in [6.07, 6.45) is 0.796. The van der Waals surface area contributed by atoms with Crippen molar-refractivity contribution in [2.24, 2.45) is 0 Å². The highest BCUT2D eigenvalue weighted by molar-refractivity contribution is 7.07. The molecule has 12 heavy (non-hydrogen) atoms. The van der Waals surface area contributed by atoms with E-state index in [4.69, 9.17) is 5.11 Å². The van der Waals surface area contributed by atoms with Crippen LogP contribution in [0, 0.1) is 0 Å². The largest absolute Gasteiger partial charge is 0.396 e. The van der Waals surface area contributed by atoms with Crippen LogP contribution in [0.2, 0.25) is 0 Å². The predicted molar refractivity (Wildman–Crippen MR) is 52.4 cm³/mol. The van der Waals surface area contributed by atoms with Crippen molar-refractivity contribution in [2.75, 3.05) is 13.2 Å². The Bertz CT molecular complexity index is 192. The van der Waals surface area contributed by atoms with Gasteiger partial charge in [0.05, 0.1) is 0 Å². The highest BCUT2D eigenvalue weighted by Crippen LogP contribution is 2.18. The second-order valence-electron chi connectivity index (χ2n) is 2.68. The van der Waals surface area contributed by atoms with Gasteiger partial charge in [0.25, 0.3) is 0 Å². The molecule has 0 spiro atoms. The molecule has 2 N–H and O–H groups in total. The van der Waals surface area contributed by atoms with Gasteiger partial charge in [-0.3, -0.25) is 0 Å². The summed E-state index contributed by atoms with van der Waals surface area (Å²) in [5, 5.41) is 16.4. The molecule has 1 rings (SSSR count). The molecule has 3 heteroatoms. The molecule has 68 valence electrons. The van der Waals surface area contributed by atoms with Crippen molar-refractivity contribution in [3.8, 4) is 0 Å². The van der Waals surface area contributed by atoms with Crippen LogP contribution in [0.5, 0.6) is 0 Å². The zero-order chi connectivity index (χ0) is 8.81. The summed E-state index contributed by atoms with van der Waals surface area (Å²) >= 11 is 1.70. The van der Waals surface area contributed by atoms with Gasteiger partial charge in [-0.2, -0.15) is 11.3 Å². The first kappa shape index (κ1) is 9.71. The molecule has 1 aromatic heterocycles. The molecule has 0 aliphatic carbocycles. The van der Waals surface area contributed by atoms with E-state index in [1.165, 1.54) is 5.56 Å². The molecule has 1 aromatic rings. The highest BCUT2D eigenvalue weighted by Gasteiger charge is 2.08. The van der Waals surface area contributed by atoms with Crippen LogP contribution in [-0.4, -0.2) is 18.3 Å². The monoisotopic (exact) mass is 185 g/mol. The Balaban J connectivity index is 2.53. The molecule has 0 radical (unpaired) electrons. The summed E-state index contributed by atoms with van der Waals surface area (Å²) in [6.45, 7) is 3.27. The molecular weight excluding hydrogens is 170 g/mol. The molecule has 0 aliphatic rings. The molecule has 0 amide bonds. The van der Waals surface area contributed by atoms with E-state index in [2.05, 4.69) is 29.1 Å². The van der Waals surface area contributed by atoms with Crippen molar-refractivity contribution in [1.82, 2.24) is 5.32 Å². The van der Waals surface area contributed by atoms with Crippen molar-refractivity contribution < 1.29 is 5.11 Å². The Labute approximate surface area is 77.2 Å². The van der Waals surface area contributed by atoms with Gasteiger partial charge in [-0.1, -0.05) is 6.92 Å². The number of nitrogens with one attached hydrogen (secondary N) is 1. The Morgan fingerprint density at radius 1 is 1.67 bits per heavy atom. The molecule has 1 atom stereocenters. The maximum absolute atomic E-state index is 8.83. The lowest BCUT2D eigenvalue weighted by Gasteiger charge is -2.14. The van der Waals surface area contributed by atoms with Crippen molar-refractivity contribution in [1.29, 1.82) is 0 Å². The summed E-state index contributed by atoms with van der Waals surface area (Å²) in [6, 6.07) is 2.43. The number of aliphatic hydroxyl groups is 1. The fraction of sp³-hybridized carbons (Fsp3) is 0.556. The van der Waals surface area contributed by atoms with Crippen LogP contribution in [0.3, 0.4) is 0 Å². The fourth-order valence-electron chi connectivity index (χ4n) is 1.24. The first-order valence-corrected chi connectivity index (χ1v) is 5.19. The highest BCUT2D eigenvalue weighted by atomic mass is 32.1. The molecule has 0 saturated carbocycles. The standard InChI is InChI=1S/C9H15NOS/c1-2-10-9(3-5-11)8-4-6-12-7-8/h4,6-7,9-11H,2-3,5H2,1H3/t9-/m1/s1. The molecule has 0 bridgehead atoms. The van der Waals surface area contributed by atoms with Gasteiger partial charge in [-0.25, -0.2) is 0 Å². The van der Waals surface area contributed by atoms with E-state index in [-0.39, 0.29) is 6.61 Å². The van der Waals surface area contributed by atoms with Crippen molar-refractivity contribution >= 4 is 11.3 Å². The Kier molecular flexibility index (Phi) is 4.29. The van der Waals surface area contributed by atoms with Gasteiger partial charge in [0.1, 0.15) is 0 Å². The third-order valence-electron chi connectivity index (χ3n) is 1.81. The quantitative estimate of drug-likeness (QED) is 0.733. The van der Waals surface area contributed by atoms with Crippen LogP contribution in [0.1, 0.15) is 24.9 Å². The smallest absolute Gasteiger partial charge is 0.0449 e. The SMILES string of the molecule is CCN[C@H](CCO)c1ccsc1. The number of hydrogen-bond donors (Lipinski definition) is 2. The van der Waals surface area contributed by atoms with Gasteiger partial charge in [0.2, 0.25) is 0 Å². The molecule has 0 aliphatic heterocycles. The van der Waals surface area contributed by atoms with E-state index >= 15 is 0 Å². The molecule has 1 heterocycles. The molecule has 0 aromatic carbocycles. The van der Waals surface area contributed by atoms with Crippen LogP contribution < -0.4 is 5.32 Å². The van der Waals surface area contributed by atoms with Crippen LogP contribution in [0.15, 0.2) is 16.8 Å². The summed E-state index contributed by atoms with van der Waals surface area (Å²) in [4.78, 5) is 0. The van der Waals surface area contributed by atoms with E-state index in [0.29, 0.717) is 6.04 Å². The lowest BCUT2D eigenvalue weighted by molar-refractivity contribution is 0.266. The number of thiophene rings is 1. The van der Waals surface area contributed by atoms with E-state index in [1.807, 2.05) is 0 Å². The maximum Gasteiger partial charge on any atom is 0.0449 e. The van der Waals surface area contributed by atoms with E-state index in [0.717, 1.165) is 13.0 Å². The fourth-order valence-corrected chi connectivity index (χ4v) is 1.95. The van der Waals surface area contributed by atoms with Crippen LogP contribution >= 0.6 is 11.3 Å². The molecule has 0 fully saturated rings. The summed E-state index contributed by atoms with van der Waals surface area (Å²) in [7, 11) is 0. The maximum atomic E-state index is 8.83. The van der Waals surface area contributed by atoms with Gasteiger partial charge in [-0.05, 0) is 35.4 Å². The Hall–Kier alpha value is -0.380. The molecule has 2 nitrogen and oxygen atoms in total. The van der Waals surface area contributed by atoms with Gasteiger partial charge < -0.3 is 10.4 Å². The minimum absolute atomic E-state index is 0.244. The first-order chi connectivity index (χ1) is 5.88. The van der Waals surface area contributed by atoms with Gasteiger partial charge >= 0.3 is 0 Å². The van der Waals surface area contributed by atoms with Crippen molar-refractivity contribution in [3.05, 3.63) is 22.4 Å². The third-order valence-corrected chi connectivity index (χ3v) is 2.52. The third kappa shape index (κ3) is 2.59. The summed E-state index contributed by atoms with van der Waals surface area (Å²) in [5.41, 5.74) is 1.29. The van der Waals surface area contributed by atoms with E-state index < -0.39 is 0 Å². The lowest BCUT2D eigenvalue weighted by Crippen LogP contribution is -2.21.